The Balaban J connectivity index is 2.07. The van der Waals surface area contributed by atoms with E-state index in [0.29, 0.717) is 0 Å². The average molecular weight is 339 g/mol. The van der Waals surface area contributed by atoms with Gasteiger partial charge in [-0.2, -0.15) is 0 Å². The molecule has 0 amide bonds. The normalized spacial score (nSPS) is 25.4. The SMILES string of the molecule is COC(=O)[C@@H]1[C@H](C(=O)OC)[C@@H](c2ccccc2)N[C@@H]1c1ccccc1. The van der Waals surface area contributed by atoms with Crippen LogP contribution in [0.2, 0.25) is 0 Å². The van der Waals surface area contributed by atoms with Crippen molar-refractivity contribution in [1.82, 2.24) is 5.32 Å². The van der Waals surface area contributed by atoms with Crippen LogP contribution in [0.1, 0.15) is 23.2 Å². The van der Waals surface area contributed by atoms with Crippen LogP contribution >= 0.6 is 0 Å². The fourth-order valence-corrected chi connectivity index (χ4v) is 3.58. The molecule has 0 aliphatic carbocycles. The van der Waals surface area contributed by atoms with Crippen molar-refractivity contribution in [3.05, 3.63) is 71.8 Å². The lowest BCUT2D eigenvalue weighted by Gasteiger charge is -2.21. The molecule has 2 aromatic rings. The average Bonchev–Trinajstić information content (AvgIpc) is 3.08. The Bertz CT molecular complexity index is 668. The van der Waals surface area contributed by atoms with Crippen molar-refractivity contribution in [2.24, 2.45) is 11.8 Å². The van der Waals surface area contributed by atoms with E-state index in [4.69, 9.17) is 9.47 Å². The molecule has 130 valence electrons. The lowest BCUT2D eigenvalue weighted by molar-refractivity contribution is -0.157. The smallest absolute Gasteiger partial charge is 0.311 e. The van der Waals surface area contributed by atoms with Gasteiger partial charge in [0.25, 0.3) is 0 Å². The highest BCUT2D eigenvalue weighted by molar-refractivity contribution is 5.84. The standard InChI is InChI=1S/C20H21NO4/c1-24-19(22)15-16(20(23)25-2)18(14-11-7-4-8-12-14)21-17(15)13-9-5-3-6-10-13/h3-12,15-18,21H,1-2H3/t15-,16+,17-,18-/m1/s1. The fourth-order valence-electron chi connectivity index (χ4n) is 3.58. The predicted octanol–water partition coefficient (Wildman–Crippen LogP) is 2.65. The summed E-state index contributed by atoms with van der Waals surface area (Å²) in [5.41, 5.74) is 1.87. The Kier molecular flexibility index (Phi) is 5.14. The summed E-state index contributed by atoms with van der Waals surface area (Å²) in [5, 5.41) is 3.45. The number of nitrogens with one attached hydrogen (secondary N) is 1. The molecule has 0 saturated carbocycles. The third-order valence-corrected chi connectivity index (χ3v) is 4.73. The quantitative estimate of drug-likeness (QED) is 0.868. The molecule has 0 unspecified atom stereocenters. The molecular formula is C20H21NO4. The largest absolute Gasteiger partial charge is 0.469 e. The second-order valence-electron chi connectivity index (χ2n) is 6.04. The van der Waals surface area contributed by atoms with Gasteiger partial charge in [0.15, 0.2) is 0 Å². The predicted molar refractivity (Wildman–Crippen MR) is 92.5 cm³/mol. The maximum atomic E-state index is 12.5. The Labute approximate surface area is 147 Å². The van der Waals surface area contributed by atoms with Crippen LogP contribution in [-0.2, 0) is 19.1 Å². The number of hydrogen-bond acceptors (Lipinski definition) is 5. The third-order valence-electron chi connectivity index (χ3n) is 4.73. The lowest BCUT2D eigenvalue weighted by atomic mass is 9.82. The Morgan fingerprint density at radius 1 is 0.720 bits per heavy atom. The highest BCUT2D eigenvalue weighted by Crippen LogP contribution is 2.45. The molecule has 2 aromatic carbocycles. The molecule has 0 spiro atoms. The summed E-state index contributed by atoms with van der Waals surface area (Å²) in [6.45, 7) is 0. The maximum Gasteiger partial charge on any atom is 0.311 e. The summed E-state index contributed by atoms with van der Waals surface area (Å²) in [5.74, 6) is -2.17. The van der Waals surface area contributed by atoms with Crippen molar-refractivity contribution in [1.29, 1.82) is 0 Å². The second kappa shape index (κ2) is 7.49. The number of methoxy groups -OCH3 is 2. The van der Waals surface area contributed by atoms with E-state index in [0.717, 1.165) is 11.1 Å². The van der Waals surface area contributed by atoms with Crippen LogP contribution in [0.25, 0.3) is 0 Å². The van der Waals surface area contributed by atoms with E-state index in [1.54, 1.807) is 0 Å². The molecule has 4 atom stereocenters. The van der Waals surface area contributed by atoms with Crippen LogP contribution in [-0.4, -0.2) is 26.2 Å². The summed E-state index contributed by atoms with van der Waals surface area (Å²) in [6.07, 6.45) is 0. The van der Waals surface area contributed by atoms with E-state index < -0.39 is 23.8 Å². The molecule has 1 aliphatic heterocycles. The number of rotatable bonds is 4. The highest BCUT2D eigenvalue weighted by atomic mass is 16.5. The number of carbonyl (C=O) groups is 2. The Morgan fingerprint density at radius 2 is 1.08 bits per heavy atom. The number of carbonyl (C=O) groups excluding carboxylic acids is 2. The zero-order valence-corrected chi connectivity index (χ0v) is 14.2. The molecule has 0 bridgehead atoms. The van der Waals surface area contributed by atoms with E-state index in [1.165, 1.54) is 14.2 Å². The lowest BCUT2D eigenvalue weighted by Crippen LogP contribution is -2.32. The van der Waals surface area contributed by atoms with E-state index in [9.17, 15) is 9.59 Å². The van der Waals surface area contributed by atoms with E-state index in [-0.39, 0.29) is 12.1 Å². The molecule has 1 N–H and O–H groups in total. The monoisotopic (exact) mass is 339 g/mol. The van der Waals surface area contributed by atoms with Crippen molar-refractivity contribution in [3.63, 3.8) is 0 Å². The number of ether oxygens (including phenoxy) is 2. The first-order chi connectivity index (χ1) is 12.2. The van der Waals surface area contributed by atoms with Gasteiger partial charge in [0.05, 0.1) is 26.1 Å². The van der Waals surface area contributed by atoms with E-state index in [2.05, 4.69) is 5.32 Å². The number of esters is 2. The highest BCUT2D eigenvalue weighted by Gasteiger charge is 2.52. The molecule has 0 aromatic heterocycles. The minimum atomic E-state index is -0.662. The van der Waals surface area contributed by atoms with Gasteiger partial charge in [-0.15, -0.1) is 0 Å². The van der Waals surface area contributed by atoms with Crippen molar-refractivity contribution in [2.75, 3.05) is 14.2 Å². The van der Waals surface area contributed by atoms with Gasteiger partial charge in [-0.1, -0.05) is 60.7 Å². The van der Waals surface area contributed by atoms with Crippen molar-refractivity contribution in [3.8, 4) is 0 Å². The first-order valence-corrected chi connectivity index (χ1v) is 8.19. The van der Waals surface area contributed by atoms with Crippen molar-refractivity contribution >= 4 is 11.9 Å². The minimum absolute atomic E-state index is 0.331. The minimum Gasteiger partial charge on any atom is -0.469 e. The summed E-state index contributed by atoms with van der Waals surface area (Å²) in [4.78, 5) is 25.1. The zero-order valence-electron chi connectivity index (χ0n) is 14.2. The van der Waals surface area contributed by atoms with E-state index in [1.807, 2.05) is 60.7 Å². The molecule has 5 heteroatoms. The van der Waals surface area contributed by atoms with Crippen LogP contribution in [0.3, 0.4) is 0 Å². The molecule has 5 nitrogen and oxygen atoms in total. The number of benzene rings is 2. The van der Waals surface area contributed by atoms with Gasteiger partial charge >= 0.3 is 11.9 Å². The molecule has 1 heterocycles. The van der Waals surface area contributed by atoms with Gasteiger partial charge < -0.3 is 14.8 Å². The second-order valence-corrected chi connectivity index (χ2v) is 6.04. The van der Waals surface area contributed by atoms with Gasteiger partial charge in [0.2, 0.25) is 0 Å². The number of hydrogen-bond donors (Lipinski definition) is 1. The molecular weight excluding hydrogens is 318 g/mol. The molecule has 1 fully saturated rings. The maximum absolute atomic E-state index is 12.5. The van der Waals surface area contributed by atoms with Gasteiger partial charge in [-0.25, -0.2) is 0 Å². The summed E-state index contributed by atoms with van der Waals surface area (Å²) < 4.78 is 10.0. The topological polar surface area (TPSA) is 64.6 Å². The first-order valence-electron chi connectivity index (χ1n) is 8.19. The summed E-state index contributed by atoms with van der Waals surface area (Å²) in [7, 11) is 2.68. The van der Waals surface area contributed by atoms with Crippen LogP contribution in [0.4, 0.5) is 0 Å². The summed E-state index contributed by atoms with van der Waals surface area (Å²) in [6, 6.07) is 18.6. The van der Waals surface area contributed by atoms with Crippen molar-refractivity contribution < 1.29 is 19.1 Å². The van der Waals surface area contributed by atoms with Crippen LogP contribution in [0, 0.1) is 11.8 Å². The zero-order chi connectivity index (χ0) is 17.8. The molecule has 3 rings (SSSR count). The molecule has 1 aliphatic rings. The Morgan fingerprint density at radius 3 is 1.40 bits per heavy atom. The van der Waals surface area contributed by atoms with Gasteiger partial charge in [-0.3, -0.25) is 9.59 Å². The fraction of sp³-hybridized carbons (Fsp3) is 0.300. The first kappa shape index (κ1) is 17.2. The molecule has 1 saturated heterocycles. The van der Waals surface area contributed by atoms with Gasteiger partial charge in [0, 0.05) is 12.1 Å². The molecule has 0 radical (unpaired) electrons. The van der Waals surface area contributed by atoms with Crippen LogP contribution in [0.15, 0.2) is 60.7 Å². The van der Waals surface area contributed by atoms with Crippen LogP contribution < -0.4 is 5.32 Å². The van der Waals surface area contributed by atoms with Crippen LogP contribution in [0.5, 0.6) is 0 Å². The van der Waals surface area contributed by atoms with E-state index >= 15 is 0 Å². The summed E-state index contributed by atoms with van der Waals surface area (Å²) >= 11 is 0. The van der Waals surface area contributed by atoms with Crippen molar-refractivity contribution in [2.45, 2.75) is 12.1 Å². The van der Waals surface area contributed by atoms with Gasteiger partial charge in [0.1, 0.15) is 0 Å². The third kappa shape index (κ3) is 3.28. The van der Waals surface area contributed by atoms with Gasteiger partial charge in [-0.05, 0) is 11.1 Å². The molecule has 25 heavy (non-hydrogen) atoms. The Hall–Kier alpha value is -2.66.